The highest BCUT2D eigenvalue weighted by Gasteiger charge is 2.45. The van der Waals surface area contributed by atoms with Crippen LogP contribution < -0.4 is 9.64 Å². The molecule has 3 rings (SSSR count). The van der Waals surface area contributed by atoms with Crippen LogP contribution in [0.3, 0.4) is 0 Å². The number of aliphatic hydroxyl groups is 1. The minimum Gasteiger partial charge on any atom is -0.507 e. The lowest BCUT2D eigenvalue weighted by molar-refractivity contribution is -0.139. The molecule has 2 aromatic carbocycles. The average Bonchev–Trinajstić information content (AvgIpc) is 3.05. The molecule has 176 valence electrons. The van der Waals surface area contributed by atoms with E-state index in [1.165, 1.54) is 0 Å². The fraction of sp³-hybridized carbons (Fsp3) is 0.407. The van der Waals surface area contributed by atoms with E-state index in [9.17, 15) is 14.7 Å². The second-order valence-electron chi connectivity index (χ2n) is 8.45. The SMILES string of the molecule is CCCN1C(=O)C(=O)/C(=C(\O)c2ccc(OC(C)C)cc2)C1c1ccc(N(CC)CC)cc1. The summed E-state index contributed by atoms with van der Waals surface area (Å²) in [4.78, 5) is 29.7. The van der Waals surface area contributed by atoms with E-state index < -0.39 is 17.7 Å². The molecular weight excluding hydrogens is 416 g/mol. The summed E-state index contributed by atoms with van der Waals surface area (Å²) >= 11 is 0. The second kappa shape index (κ2) is 10.6. The topological polar surface area (TPSA) is 70.1 Å². The van der Waals surface area contributed by atoms with Gasteiger partial charge in [0.15, 0.2) is 0 Å². The highest BCUT2D eigenvalue weighted by Crippen LogP contribution is 2.40. The van der Waals surface area contributed by atoms with Crippen molar-refractivity contribution in [2.24, 2.45) is 0 Å². The molecule has 33 heavy (non-hydrogen) atoms. The molecule has 0 radical (unpaired) electrons. The van der Waals surface area contributed by atoms with Gasteiger partial charge in [-0.1, -0.05) is 19.1 Å². The monoisotopic (exact) mass is 450 g/mol. The van der Waals surface area contributed by atoms with Crippen LogP contribution in [0.2, 0.25) is 0 Å². The van der Waals surface area contributed by atoms with Crippen molar-refractivity contribution < 1.29 is 19.4 Å². The molecule has 1 unspecified atom stereocenters. The number of carbonyl (C=O) groups excluding carboxylic acids is 2. The highest BCUT2D eigenvalue weighted by molar-refractivity contribution is 6.46. The first-order valence-corrected chi connectivity index (χ1v) is 11.7. The molecule has 1 heterocycles. The van der Waals surface area contributed by atoms with Crippen LogP contribution in [-0.2, 0) is 9.59 Å². The molecule has 0 spiro atoms. The van der Waals surface area contributed by atoms with Gasteiger partial charge in [0, 0.05) is 30.9 Å². The Labute approximate surface area is 196 Å². The van der Waals surface area contributed by atoms with E-state index in [0.717, 1.165) is 24.3 Å². The largest absolute Gasteiger partial charge is 0.507 e. The maximum absolute atomic E-state index is 13.0. The lowest BCUT2D eigenvalue weighted by atomic mass is 9.95. The predicted molar refractivity (Wildman–Crippen MR) is 132 cm³/mol. The van der Waals surface area contributed by atoms with Crippen molar-refractivity contribution in [3.63, 3.8) is 0 Å². The summed E-state index contributed by atoms with van der Waals surface area (Å²) in [5.74, 6) is -0.713. The Balaban J connectivity index is 2.05. The van der Waals surface area contributed by atoms with Crippen molar-refractivity contribution in [1.82, 2.24) is 4.90 Å². The quantitative estimate of drug-likeness (QED) is 0.325. The van der Waals surface area contributed by atoms with Gasteiger partial charge in [0.25, 0.3) is 11.7 Å². The number of aliphatic hydroxyl groups excluding tert-OH is 1. The van der Waals surface area contributed by atoms with Gasteiger partial charge in [-0.15, -0.1) is 0 Å². The van der Waals surface area contributed by atoms with Crippen molar-refractivity contribution in [3.8, 4) is 5.75 Å². The van der Waals surface area contributed by atoms with Crippen molar-refractivity contribution in [2.75, 3.05) is 24.5 Å². The minimum atomic E-state index is -0.652. The smallest absolute Gasteiger partial charge is 0.295 e. The number of nitrogens with zero attached hydrogens (tertiary/aromatic N) is 2. The van der Waals surface area contributed by atoms with Gasteiger partial charge in [0.05, 0.1) is 17.7 Å². The lowest BCUT2D eigenvalue weighted by Crippen LogP contribution is -2.30. The molecule has 1 saturated heterocycles. The molecule has 0 aliphatic carbocycles. The Morgan fingerprint density at radius 2 is 1.61 bits per heavy atom. The van der Waals surface area contributed by atoms with Gasteiger partial charge in [-0.2, -0.15) is 0 Å². The second-order valence-corrected chi connectivity index (χ2v) is 8.45. The molecule has 1 fully saturated rings. The van der Waals surface area contributed by atoms with E-state index >= 15 is 0 Å². The lowest BCUT2D eigenvalue weighted by Gasteiger charge is -2.26. The molecule has 1 aliphatic rings. The Bertz CT molecular complexity index is 1010. The van der Waals surface area contributed by atoms with E-state index in [0.29, 0.717) is 24.3 Å². The number of likely N-dealkylation sites (tertiary alicyclic amines) is 1. The van der Waals surface area contributed by atoms with Crippen LogP contribution in [0.25, 0.3) is 5.76 Å². The van der Waals surface area contributed by atoms with E-state index in [1.807, 2.05) is 45.0 Å². The number of hydrogen-bond donors (Lipinski definition) is 1. The summed E-state index contributed by atoms with van der Waals surface area (Å²) in [7, 11) is 0. The third-order valence-electron chi connectivity index (χ3n) is 5.84. The molecule has 2 aromatic rings. The number of rotatable bonds is 9. The summed E-state index contributed by atoms with van der Waals surface area (Å²) in [5.41, 5.74) is 2.49. The first-order chi connectivity index (χ1) is 15.8. The summed E-state index contributed by atoms with van der Waals surface area (Å²) in [6.07, 6.45) is 0.741. The Morgan fingerprint density at radius 1 is 1.00 bits per heavy atom. The summed E-state index contributed by atoms with van der Waals surface area (Å²) in [6, 6.07) is 14.2. The zero-order valence-electron chi connectivity index (χ0n) is 20.2. The maximum Gasteiger partial charge on any atom is 0.295 e. The number of benzene rings is 2. The van der Waals surface area contributed by atoms with E-state index in [1.54, 1.807) is 29.2 Å². The zero-order chi connectivity index (χ0) is 24.1. The number of Topliss-reactive ketones (excluding diaryl/α,β-unsaturated/α-hetero) is 1. The Kier molecular flexibility index (Phi) is 7.79. The van der Waals surface area contributed by atoms with E-state index in [-0.39, 0.29) is 17.4 Å². The van der Waals surface area contributed by atoms with Gasteiger partial charge in [-0.3, -0.25) is 9.59 Å². The van der Waals surface area contributed by atoms with Crippen LogP contribution in [-0.4, -0.2) is 47.4 Å². The molecule has 0 bridgehead atoms. The van der Waals surface area contributed by atoms with Crippen LogP contribution >= 0.6 is 0 Å². The van der Waals surface area contributed by atoms with Gasteiger partial charge in [0.1, 0.15) is 11.5 Å². The first kappa shape index (κ1) is 24.4. The maximum atomic E-state index is 13.0. The average molecular weight is 451 g/mol. The number of ether oxygens (including phenoxy) is 1. The number of ketones is 1. The Morgan fingerprint density at radius 3 is 2.12 bits per heavy atom. The predicted octanol–water partition coefficient (Wildman–Crippen LogP) is 5.15. The van der Waals surface area contributed by atoms with Crippen LogP contribution in [0.5, 0.6) is 5.75 Å². The van der Waals surface area contributed by atoms with E-state index in [2.05, 4.69) is 18.7 Å². The van der Waals surface area contributed by atoms with Crippen LogP contribution in [0.1, 0.15) is 58.2 Å². The fourth-order valence-corrected chi connectivity index (χ4v) is 4.27. The van der Waals surface area contributed by atoms with Crippen molar-refractivity contribution in [1.29, 1.82) is 0 Å². The number of anilines is 1. The fourth-order valence-electron chi connectivity index (χ4n) is 4.27. The number of hydrogen-bond acceptors (Lipinski definition) is 5. The van der Waals surface area contributed by atoms with Crippen LogP contribution in [0, 0.1) is 0 Å². The van der Waals surface area contributed by atoms with Gasteiger partial charge >= 0.3 is 0 Å². The Hall–Kier alpha value is -3.28. The van der Waals surface area contributed by atoms with Gasteiger partial charge < -0.3 is 19.6 Å². The van der Waals surface area contributed by atoms with Gasteiger partial charge in [0.2, 0.25) is 0 Å². The number of carbonyl (C=O) groups is 2. The number of amides is 1. The summed E-state index contributed by atoms with van der Waals surface area (Å²) in [5, 5.41) is 11.1. The first-order valence-electron chi connectivity index (χ1n) is 11.7. The van der Waals surface area contributed by atoms with Crippen molar-refractivity contribution in [3.05, 3.63) is 65.2 Å². The minimum absolute atomic E-state index is 0.0307. The van der Waals surface area contributed by atoms with E-state index in [4.69, 9.17) is 4.74 Å². The van der Waals surface area contributed by atoms with Crippen molar-refractivity contribution >= 4 is 23.1 Å². The van der Waals surface area contributed by atoms with Gasteiger partial charge in [-0.25, -0.2) is 0 Å². The highest BCUT2D eigenvalue weighted by atomic mass is 16.5. The van der Waals surface area contributed by atoms with Crippen LogP contribution in [0.4, 0.5) is 5.69 Å². The summed E-state index contributed by atoms with van der Waals surface area (Å²) < 4.78 is 5.67. The van der Waals surface area contributed by atoms with Crippen molar-refractivity contribution in [2.45, 2.75) is 53.2 Å². The third kappa shape index (κ3) is 5.05. The molecule has 1 N–H and O–H groups in total. The molecule has 1 amide bonds. The molecule has 1 atom stereocenters. The molecule has 6 heteroatoms. The molecule has 0 aromatic heterocycles. The molecular formula is C27H34N2O4. The van der Waals surface area contributed by atoms with Crippen LogP contribution in [0.15, 0.2) is 54.1 Å². The molecule has 0 saturated carbocycles. The van der Waals surface area contributed by atoms with Gasteiger partial charge in [-0.05, 0) is 76.1 Å². The summed E-state index contributed by atoms with van der Waals surface area (Å²) in [6.45, 7) is 12.3. The normalized spacial score (nSPS) is 17.6. The third-order valence-corrected chi connectivity index (χ3v) is 5.84. The molecule has 1 aliphatic heterocycles. The molecule has 6 nitrogen and oxygen atoms in total. The zero-order valence-corrected chi connectivity index (χ0v) is 20.2. The standard InChI is InChI=1S/C27H34N2O4/c1-6-17-29-24(19-9-13-21(14-10-19)28(7-2)8-3)23(26(31)27(29)32)25(30)20-11-15-22(16-12-20)33-18(4)5/h9-16,18,24,30H,6-8,17H2,1-5H3/b25-23-.